The summed E-state index contributed by atoms with van der Waals surface area (Å²) < 4.78 is 22.9. The number of carbonyl (C=O) groups is 2. The number of cyclic esters (lactones) is 1. The number of carbonyl (C=O) groups excluding carboxylic acids is 2. The maximum absolute atomic E-state index is 14.1. The van der Waals surface area contributed by atoms with Gasteiger partial charge in [0.1, 0.15) is 18.8 Å². The van der Waals surface area contributed by atoms with Crippen molar-refractivity contribution in [3.05, 3.63) is 11.6 Å². The van der Waals surface area contributed by atoms with Gasteiger partial charge < -0.3 is 34.3 Å². The monoisotopic (exact) mass is 548 g/mol. The van der Waals surface area contributed by atoms with Gasteiger partial charge in [0, 0.05) is 30.9 Å². The molecule has 4 aliphatic carbocycles. The maximum atomic E-state index is 14.1. The summed E-state index contributed by atoms with van der Waals surface area (Å²) in [7, 11) is 1.59. The van der Waals surface area contributed by atoms with Gasteiger partial charge in [-0.2, -0.15) is 0 Å². The van der Waals surface area contributed by atoms with Gasteiger partial charge in [-0.25, -0.2) is 4.79 Å². The fourth-order valence-electron chi connectivity index (χ4n) is 9.82. The molecule has 0 aromatic heterocycles. The van der Waals surface area contributed by atoms with Gasteiger partial charge >= 0.3 is 5.97 Å². The number of ether oxygens (including phenoxy) is 4. The first kappa shape index (κ1) is 27.8. The Morgan fingerprint density at radius 2 is 1.82 bits per heavy atom. The van der Waals surface area contributed by atoms with Gasteiger partial charge in [-0.15, -0.1) is 0 Å². The summed E-state index contributed by atoms with van der Waals surface area (Å²) in [5.74, 6) is -1.24. The third kappa shape index (κ3) is 3.94. The molecule has 0 aromatic carbocycles. The van der Waals surface area contributed by atoms with Crippen molar-refractivity contribution in [2.24, 2.45) is 34.5 Å². The summed E-state index contributed by atoms with van der Waals surface area (Å²) in [6, 6.07) is 0. The van der Waals surface area contributed by atoms with Gasteiger partial charge in [0.2, 0.25) is 0 Å². The minimum atomic E-state index is -1.30. The SMILES string of the molecule is COC1C[C@@H](O[C@H]2CC[C@]3(C)C4C(=O)[C@@H](O)[C@]5(C)[C@@H](C6=CC(=O)OC6)CC[C@]5(O)C4CC[C@@H]3C2)OC(C)[C@H]1O. The highest BCUT2D eigenvalue weighted by Crippen LogP contribution is 2.69. The lowest BCUT2D eigenvalue weighted by Crippen LogP contribution is -2.70. The predicted octanol–water partition coefficient (Wildman–Crippen LogP) is 2.29. The van der Waals surface area contributed by atoms with E-state index in [1.807, 2.05) is 13.8 Å². The smallest absolute Gasteiger partial charge is 0.331 e. The highest BCUT2D eigenvalue weighted by Gasteiger charge is 2.73. The molecule has 39 heavy (non-hydrogen) atoms. The van der Waals surface area contributed by atoms with Crippen molar-refractivity contribution in [1.29, 1.82) is 0 Å². The summed E-state index contributed by atoms with van der Waals surface area (Å²) in [6.07, 6.45) is 3.83. The fourth-order valence-corrected chi connectivity index (χ4v) is 9.82. The topological polar surface area (TPSA) is 132 Å². The van der Waals surface area contributed by atoms with Crippen molar-refractivity contribution in [2.75, 3.05) is 13.7 Å². The molecular weight excluding hydrogens is 504 g/mol. The molecule has 3 N–H and O–H groups in total. The third-order valence-electron chi connectivity index (χ3n) is 12.1. The third-order valence-corrected chi connectivity index (χ3v) is 12.1. The molecule has 2 heterocycles. The number of ketones is 1. The molecule has 9 nitrogen and oxygen atoms in total. The molecule has 4 saturated carbocycles. The molecule has 6 aliphatic rings. The lowest BCUT2D eigenvalue weighted by Gasteiger charge is -2.64. The van der Waals surface area contributed by atoms with E-state index >= 15 is 0 Å². The number of hydrogen-bond acceptors (Lipinski definition) is 9. The van der Waals surface area contributed by atoms with Gasteiger partial charge in [0.05, 0.1) is 23.9 Å². The number of rotatable bonds is 4. The molecule has 2 aliphatic heterocycles. The van der Waals surface area contributed by atoms with Crippen LogP contribution in [0.15, 0.2) is 11.6 Å². The van der Waals surface area contributed by atoms with Crippen LogP contribution in [-0.2, 0) is 28.5 Å². The fraction of sp³-hybridized carbons (Fsp3) is 0.867. The van der Waals surface area contributed by atoms with Crippen LogP contribution in [0, 0.1) is 34.5 Å². The Bertz CT molecular complexity index is 1040. The highest BCUT2D eigenvalue weighted by molar-refractivity contribution is 5.90. The average Bonchev–Trinajstić information content (AvgIpc) is 3.45. The van der Waals surface area contributed by atoms with E-state index in [1.165, 1.54) is 6.08 Å². The molecule has 0 spiro atoms. The van der Waals surface area contributed by atoms with E-state index in [2.05, 4.69) is 6.92 Å². The number of Topliss-reactive ketones (excluding diaryl/α,β-unsaturated/α-hetero) is 1. The first-order valence-corrected chi connectivity index (χ1v) is 14.8. The summed E-state index contributed by atoms with van der Waals surface area (Å²) >= 11 is 0. The average molecular weight is 549 g/mol. The van der Waals surface area contributed by atoms with Gasteiger partial charge in [-0.1, -0.05) is 13.8 Å². The second-order valence-electron chi connectivity index (χ2n) is 13.6. The number of aliphatic hydroxyl groups excluding tert-OH is 2. The van der Waals surface area contributed by atoms with Gasteiger partial charge in [-0.05, 0) is 80.6 Å². The summed E-state index contributed by atoms with van der Waals surface area (Å²) in [6.45, 7) is 6.02. The van der Waals surface area contributed by atoms with E-state index in [0.717, 1.165) is 37.7 Å². The van der Waals surface area contributed by atoms with Crippen molar-refractivity contribution in [1.82, 2.24) is 0 Å². The second kappa shape index (κ2) is 9.60. The van der Waals surface area contributed by atoms with E-state index in [4.69, 9.17) is 18.9 Å². The summed E-state index contributed by atoms with van der Waals surface area (Å²) in [5.41, 5.74) is -1.80. The molecule has 6 rings (SSSR count). The Hall–Kier alpha value is -1.36. The van der Waals surface area contributed by atoms with E-state index in [1.54, 1.807) is 7.11 Å². The van der Waals surface area contributed by atoms with Crippen LogP contribution in [0.2, 0.25) is 0 Å². The Morgan fingerprint density at radius 3 is 2.51 bits per heavy atom. The Kier molecular flexibility index (Phi) is 6.84. The van der Waals surface area contributed by atoms with Crippen LogP contribution in [0.1, 0.15) is 72.1 Å². The zero-order valence-electron chi connectivity index (χ0n) is 23.5. The quantitative estimate of drug-likeness (QED) is 0.358. The zero-order valence-corrected chi connectivity index (χ0v) is 23.5. The largest absolute Gasteiger partial charge is 0.458 e. The molecule has 13 atom stereocenters. The van der Waals surface area contributed by atoms with Crippen LogP contribution in [-0.4, -0.2) is 83.2 Å². The lowest BCUT2D eigenvalue weighted by molar-refractivity contribution is -0.274. The molecule has 0 aromatic rings. The molecule has 0 amide bonds. The number of esters is 1. The first-order chi connectivity index (χ1) is 18.4. The molecule has 4 unspecified atom stereocenters. The van der Waals surface area contributed by atoms with Gasteiger partial charge in [-0.3, -0.25) is 4.79 Å². The maximum Gasteiger partial charge on any atom is 0.331 e. The highest BCUT2D eigenvalue weighted by atomic mass is 16.7. The van der Waals surface area contributed by atoms with Crippen molar-refractivity contribution >= 4 is 11.8 Å². The Balaban J connectivity index is 1.21. The van der Waals surface area contributed by atoms with Crippen molar-refractivity contribution in [3.63, 3.8) is 0 Å². The normalized spacial score (nSPS) is 53.5. The van der Waals surface area contributed by atoms with Crippen molar-refractivity contribution < 1.29 is 43.9 Å². The lowest BCUT2D eigenvalue weighted by atomic mass is 9.42. The van der Waals surface area contributed by atoms with Crippen LogP contribution in [0.3, 0.4) is 0 Å². The van der Waals surface area contributed by atoms with E-state index < -0.39 is 41.4 Å². The number of methoxy groups -OCH3 is 1. The van der Waals surface area contributed by atoms with E-state index in [-0.39, 0.29) is 53.9 Å². The standard InChI is InChI=1S/C30H44O9/c1-15-25(32)21(36-4)13-23(38-15)39-18-7-9-28(2)17(12-18)5-6-20-24(28)26(33)27(34)29(3)19(8-10-30(20,29)35)16-11-22(31)37-14-16/h11,15,17-21,23-25,27,32,34-35H,5-10,12-14H2,1-4H3/t15?,17-,18+,19-,20?,21?,23-,24?,25-,27-,28+,29+,30+/m1/s1. The molecule has 0 bridgehead atoms. The molecule has 9 heteroatoms. The summed E-state index contributed by atoms with van der Waals surface area (Å²) in [5, 5.41) is 34.3. The zero-order chi connectivity index (χ0) is 27.9. The van der Waals surface area contributed by atoms with E-state index in [9.17, 15) is 24.9 Å². The van der Waals surface area contributed by atoms with Crippen LogP contribution in [0.5, 0.6) is 0 Å². The van der Waals surface area contributed by atoms with Crippen LogP contribution >= 0.6 is 0 Å². The number of fused-ring (bicyclic) bond motifs is 5. The van der Waals surface area contributed by atoms with Crippen molar-refractivity contribution in [3.8, 4) is 0 Å². The number of aliphatic hydroxyl groups is 3. The first-order valence-electron chi connectivity index (χ1n) is 14.8. The minimum Gasteiger partial charge on any atom is -0.458 e. The van der Waals surface area contributed by atoms with Gasteiger partial charge in [0.15, 0.2) is 12.1 Å². The Morgan fingerprint density at radius 1 is 1.05 bits per heavy atom. The number of hydrogen-bond donors (Lipinski definition) is 3. The van der Waals surface area contributed by atoms with Crippen LogP contribution < -0.4 is 0 Å². The molecular formula is C30H44O9. The van der Waals surface area contributed by atoms with Crippen LogP contribution in [0.4, 0.5) is 0 Å². The van der Waals surface area contributed by atoms with Crippen molar-refractivity contribution in [2.45, 2.75) is 115 Å². The van der Waals surface area contributed by atoms with Crippen LogP contribution in [0.25, 0.3) is 0 Å². The molecule has 218 valence electrons. The molecule has 0 radical (unpaired) electrons. The minimum absolute atomic E-state index is 0.0238. The van der Waals surface area contributed by atoms with Gasteiger partial charge in [0.25, 0.3) is 0 Å². The Labute approximate surface area is 230 Å². The molecule has 5 fully saturated rings. The summed E-state index contributed by atoms with van der Waals surface area (Å²) in [4.78, 5) is 25.9. The second-order valence-corrected chi connectivity index (χ2v) is 13.6. The van der Waals surface area contributed by atoms with E-state index in [0.29, 0.717) is 19.3 Å². The molecule has 1 saturated heterocycles. The predicted molar refractivity (Wildman–Crippen MR) is 138 cm³/mol.